The lowest BCUT2D eigenvalue weighted by Crippen LogP contribution is -2.08. The van der Waals surface area contributed by atoms with Gasteiger partial charge in [-0.25, -0.2) is 4.98 Å². The van der Waals surface area contributed by atoms with Gasteiger partial charge in [0.25, 0.3) is 0 Å². The van der Waals surface area contributed by atoms with Crippen LogP contribution in [0.1, 0.15) is 11.3 Å². The Hall–Kier alpha value is -1.95. The first-order valence-corrected chi connectivity index (χ1v) is 5.05. The zero-order chi connectivity index (χ0) is 13.0. The van der Waals surface area contributed by atoms with Crippen LogP contribution in [0.25, 0.3) is 11.0 Å². The van der Waals surface area contributed by atoms with E-state index in [1.165, 1.54) is 5.56 Å². The summed E-state index contributed by atoms with van der Waals surface area (Å²) in [7, 11) is 0. The van der Waals surface area contributed by atoms with E-state index < -0.39 is 5.09 Å². The van der Waals surface area contributed by atoms with Gasteiger partial charge < -0.3 is 15.3 Å². The molecule has 6 nitrogen and oxygen atoms in total. The number of pyridine rings is 2. The molecule has 90 valence electrons. The lowest BCUT2D eigenvalue weighted by Gasteiger charge is -1.95. The van der Waals surface area contributed by atoms with Gasteiger partial charge in [0, 0.05) is 6.92 Å². The first kappa shape index (κ1) is 13.1. The molecule has 0 amide bonds. The summed E-state index contributed by atoms with van der Waals surface area (Å²) in [6.45, 7) is 4.04. The molecule has 0 spiro atoms. The minimum Gasteiger partial charge on any atom is -0.356 e. The Balaban J connectivity index is 0.000000317. The van der Waals surface area contributed by atoms with Crippen LogP contribution < -0.4 is 4.98 Å². The van der Waals surface area contributed by atoms with E-state index in [9.17, 15) is 0 Å². The molecule has 0 aliphatic carbocycles. The Morgan fingerprint density at radius 1 is 1.35 bits per heavy atom. The Morgan fingerprint density at radius 3 is 2.53 bits per heavy atom. The predicted octanol–water partition coefficient (Wildman–Crippen LogP) is 2.08. The van der Waals surface area contributed by atoms with Crippen LogP contribution in [0.5, 0.6) is 0 Å². The van der Waals surface area contributed by atoms with Crippen LogP contribution in [0, 0.1) is 29.2 Å². The van der Waals surface area contributed by atoms with Gasteiger partial charge in [-0.2, -0.15) is 0 Å². The number of aromatic amines is 1. The van der Waals surface area contributed by atoms with Gasteiger partial charge in [-0.15, -0.1) is 0 Å². The maximum atomic E-state index is 8.25. The monoisotopic (exact) mass is 255 g/mol. The van der Waals surface area contributed by atoms with Crippen molar-refractivity contribution in [3.63, 3.8) is 0 Å². The van der Waals surface area contributed by atoms with Gasteiger partial charge >= 0.3 is 5.65 Å². The molecule has 0 aromatic carbocycles. The number of hydrogen-bond donors (Lipinski definition) is 0. The Kier molecular flexibility index (Phi) is 4.17. The Morgan fingerprint density at radius 2 is 1.94 bits per heavy atom. The third-order valence-corrected chi connectivity index (χ3v) is 2.25. The number of H-pyrrole nitrogens is 1. The van der Waals surface area contributed by atoms with Crippen LogP contribution in [0.2, 0.25) is 5.15 Å². The Labute approximate surface area is 102 Å². The predicted molar refractivity (Wildman–Crippen MR) is 63.1 cm³/mol. The number of aryl methyl sites for hydroxylation is 2. The summed E-state index contributed by atoms with van der Waals surface area (Å²) in [6.07, 6.45) is 0. The molecule has 0 aliphatic heterocycles. The molecule has 0 fully saturated rings. The molecule has 0 bridgehead atoms. The topological polar surface area (TPSA) is 93.2 Å². The van der Waals surface area contributed by atoms with Crippen LogP contribution in [-0.4, -0.2) is 10.1 Å². The summed E-state index contributed by atoms with van der Waals surface area (Å²) >= 11 is 5.83. The lowest BCUT2D eigenvalue weighted by molar-refractivity contribution is -0.402. The van der Waals surface area contributed by atoms with Gasteiger partial charge in [0.15, 0.2) is 5.15 Å². The van der Waals surface area contributed by atoms with Gasteiger partial charge in [-0.05, 0) is 47.3 Å². The van der Waals surface area contributed by atoms with Crippen LogP contribution >= 0.6 is 11.6 Å². The highest BCUT2D eigenvalue weighted by Crippen LogP contribution is 2.15. The Bertz CT molecular complexity index is 550. The molecular weight excluding hydrogens is 246 g/mol. The molecule has 2 aromatic heterocycles. The van der Waals surface area contributed by atoms with E-state index in [0.29, 0.717) is 5.15 Å². The van der Waals surface area contributed by atoms with Crippen molar-refractivity contribution in [3.05, 3.63) is 49.9 Å². The van der Waals surface area contributed by atoms with E-state index >= 15 is 0 Å². The van der Waals surface area contributed by atoms with E-state index in [1.807, 2.05) is 19.1 Å². The molecule has 7 heteroatoms. The van der Waals surface area contributed by atoms with Crippen LogP contribution in [0.3, 0.4) is 0 Å². The number of rotatable bonds is 0. The molecule has 0 aliphatic rings. The maximum Gasteiger partial charge on any atom is 0.329 e. The molecule has 0 saturated heterocycles. The van der Waals surface area contributed by atoms with E-state index in [-0.39, 0.29) is 0 Å². The standard InChI is InChI=1S/C10H9ClN2.NO3/c1-6-5-7(2)12-10-8(6)3-4-9(11)13-10;2-1(3)4/h3-5H,1-2H3;/q;-1/p+1. The van der Waals surface area contributed by atoms with Crippen molar-refractivity contribution in [1.29, 1.82) is 0 Å². The fourth-order valence-electron chi connectivity index (χ4n) is 1.46. The van der Waals surface area contributed by atoms with Gasteiger partial charge in [-0.1, -0.05) is 0 Å². The van der Waals surface area contributed by atoms with Crippen molar-refractivity contribution in [2.75, 3.05) is 0 Å². The third kappa shape index (κ3) is 3.84. The molecule has 0 unspecified atom stereocenters. The largest absolute Gasteiger partial charge is 0.356 e. The van der Waals surface area contributed by atoms with Gasteiger partial charge in [-0.3, -0.25) is 0 Å². The average Bonchev–Trinajstić information content (AvgIpc) is 2.14. The van der Waals surface area contributed by atoms with Crippen LogP contribution in [0.4, 0.5) is 0 Å². The minimum atomic E-state index is -1.75. The van der Waals surface area contributed by atoms with Crippen molar-refractivity contribution in [2.24, 2.45) is 0 Å². The fourth-order valence-corrected chi connectivity index (χ4v) is 1.62. The highest BCUT2D eigenvalue weighted by Gasteiger charge is 2.08. The second kappa shape index (κ2) is 5.40. The maximum absolute atomic E-state index is 8.25. The second-order valence-electron chi connectivity index (χ2n) is 3.37. The number of hydrogen-bond acceptors (Lipinski definition) is 4. The van der Waals surface area contributed by atoms with Crippen LogP contribution in [0.15, 0.2) is 18.2 Å². The zero-order valence-corrected chi connectivity index (χ0v) is 9.99. The number of fused-ring (bicyclic) bond motifs is 1. The summed E-state index contributed by atoms with van der Waals surface area (Å²) in [4.78, 5) is 15.6. The first-order valence-electron chi connectivity index (χ1n) is 4.67. The number of halogens is 1. The fraction of sp³-hybridized carbons (Fsp3) is 0.200. The van der Waals surface area contributed by atoms with Crippen molar-refractivity contribution in [1.82, 2.24) is 4.98 Å². The number of nitrogens with zero attached hydrogens (tertiary/aromatic N) is 2. The van der Waals surface area contributed by atoms with Crippen molar-refractivity contribution in [2.45, 2.75) is 13.8 Å². The molecule has 17 heavy (non-hydrogen) atoms. The lowest BCUT2D eigenvalue weighted by atomic mass is 10.1. The molecule has 0 saturated carbocycles. The van der Waals surface area contributed by atoms with Crippen LogP contribution in [-0.2, 0) is 0 Å². The van der Waals surface area contributed by atoms with Crippen molar-refractivity contribution in [3.8, 4) is 0 Å². The van der Waals surface area contributed by atoms with E-state index in [2.05, 4.69) is 23.0 Å². The summed E-state index contributed by atoms with van der Waals surface area (Å²) in [5.74, 6) is 0. The summed E-state index contributed by atoms with van der Waals surface area (Å²) in [6, 6.07) is 5.88. The quantitative estimate of drug-likeness (QED) is 0.409. The molecule has 2 rings (SSSR count). The molecule has 0 atom stereocenters. The van der Waals surface area contributed by atoms with E-state index in [1.54, 1.807) is 0 Å². The third-order valence-electron chi connectivity index (χ3n) is 2.03. The highest BCUT2D eigenvalue weighted by atomic mass is 35.5. The smallest absolute Gasteiger partial charge is 0.329 e. The van der Waals surface area contributed by atoms with Gasteiger partial charge in [0.2, 0.25) is 0 Å². The first-order chi connectivity index (χ1) is 7.90. The normalized spacial score (nSPS) is 9.59. The molecule has 0 radical (unpaired) electrons. The molecular formula is C10H10ClN3O3. The highest BCUT2D eigenvalue weighted by molar-refractivity contribution is 6.28. The summed E-state index contributed by atoms with van der Waals surface area (Å²) in [5, 5.41) is 16.5. The van der Waals surface area contributed by atoms with Gasteiger partial charge in [0.1, 0.15) is 5.69 Å². The van der Waals surface area contributed by atoms with Crippen molar-refractivity contribution < 1.29 is 10.1 Å². The molecule has 1 N–H and O–H groups in total. The average molecular weight is 256 g/mol. The van der Waals surface area contributed by atoms with Gasteiger partial charge in [0.05, 0.1) is 10.5 Å². The van der Waals surface area contributed by atoms with E-state index in [0.717, 1.165) is 16.7 Å². The molecule has 2 aromatic rings. The summed E-state index contributed by atoms with van der Waals surface area (Å²) < 4.78 is 0. The summed E-state index contributed by atoms with van der Waals surface area (Å²) in [5.41, 5.74) is 3.07. The molecule has 2 heterocycles. The second-order valence-corrected chi connectivity index (χ2v) is 3.78. The minimum absolute atomic E-state index is 0.616. The van der Waals surface area contributed by atoms with Crippen molar-refractivity contribution >= 4 is 22.6 Å². The SMILES string of the molecule is Cc1cc(C)c2ccc(Cl)[nH+]c2n1.O=[N+]([O-])[O-]. The number of nitrogens with one attached hydrogen (secondary N) is 1. The number of aromatic nitrogens is 2. The zero-order valence-electron chi connectivity index (χ0n) is 9.23. The van der Waals surface area contributed by atoms with E-state index in [4.69, 9.17) is 26.9 Å².